The molecule has 1 aromatic heterocycles. The standard InChI is InChI=1S/C18H19ClN2O/c19-16-7-3-5-14(11-16)18(22)15-6-4-10-21(12-15)13-17-8-1-2-9-20-17/h1-3,5,7-9,11,15H,4,6,10,12-13H2/t15-/m1/s1. The summed E-state index contributed by atoms with van der Waals surface area (Å²) in [4.78, 5) is 19.3. The summed E-state index contributed by atoms with van der Waals surface area (Å²) in [6.45, 7) is 2.62. The second-order valence-electron chi connectivity index (χ2n) is 5.77. The van der Waals surface area contributed by atoms with Gasteiger partial charge in [-0.25, -0.2) is 0 Å². The smallest absolute Gasteiger partial charge is 0.167 e. The number of carbonyl (C=O) groups is 1. The Balaban J connectivity index is 1.66. The van der Waals surface area contributed by atoms with E-state index in [0.29, 0.717) is 5.02 Å². The topological polar surface area (TPSA) is 33.2 Å². The van der Waals surface area contributed by atoms with Gasteiger partial charge in [0.1, 0.15) is 0 Å². The second kappa shape index (κ2) is 7.03. The first-order chi connectivity index (χ1) is 10.7. The summed E-state index contributed by atoms with van der Waals surface area (Å²) in [7, 11) is 0. The Labute approximate surface area is 135 Å². The van der Waals surface area contributed by atoms with Crippen LogP contribution in [0.2, 0.25) is 5.02 Å². The highest BCUT2D eigenvalue weighted by Crippen LogP contribution is 2.23. The number of pyridine rings is 1. The van der Waals surface area contributed by atoms with E-state index in [1.165, 1.54) is 0 Å². The number of likely N-dealkylation sites (tertiary alicyclic amines) is 1. The third-order valence-electron chi connectivity index (χ3n) is 4.10. The molecule has 1 atom stereocenters. The molecule has 0 bridgehead atoms. The average Bonchev–Trinajstić information content (AvgIpc) is 2.55. The van der Waals surface area contributed by atoms with Gasteiger partial charge in [0.25, 0.3) is 0 Å². The monoisotopic (exact) mass is 314 g/mol. The van der Waals surface area contributed by atoms with E-state index in [1.807, 2.05) is 36.5 Å². The predicted molar refractivity (Wildman–Crippen MR) is 88.0 cm³/mol. The lowest BCUT2D eigenvalue weighted by Crippen LogP contribution is -2.38. The van der Waals surface area contributed by atoms with Crippen LogP contribution in [0.1, 0.15) is 28.9 Å². The summed E-state index contributed by atoms with van der Waals surface area (Å²) in [5.41, 5.74) is 1.77. The lowest BCUT2D eigenvalue weighted by atomic mass is 9.90. The second-order valence-corrected chi connectivity index (χ2v) is 6.21. The van der Waals surface area contributed by atoms with Crippen LogP contribution >= 0.6 is 11.6 Å². The number of hydrogen-bond acceptors (Lipinski definition) is 3. The van der Waals surface area contributed by atoms with Crippen molar-refractivity contribution >= 4 is 17.4 Å². The molecule has 1 fully saturated rings. The number of piperidine rings is 1. The fourth-order valence-electron chi connectivity index (χ4n) is 3.01. The van der Waals surface area contributed by atoms with Gasteiger partial charge in [-0.15, -0.1) is 0 Å². The van der Waals surface area contributed by atoms with E-state index in [-0.39, 0.29) is 11.7 Å². The number of nitrogens with zero attached hydrogens (tertiary/aromatic N) is 2. The van der Waals surface area contributed by atoms with Crippen molar-refractivity contribution < 1.29 is 4.79 Å². The molecule has 0 amide bonds. The van der Waals surface area contributed by atoms with Crippen molar-refractivity contribution in [2.45, 2.75) is 19.4 Å². The van der Waals surface area contributed by atoms with Crippen molar-refractivity contribution in [3.8, 4) is 0 Å². The van der Waals surface area contributed by atoms with Crippen LogP contribution in [0.25, 0.3) is 0 Å². The third-order valence-corrected chi connectivity index (χ3v) is 4.33. The minimum Gasteiger partial charge on any atom is -0.297 e. The number of rotatable bonds is 4. The van der Waals surface area contributed by atoms with E-state index in [4.69, 9.17) is 11.6 Å². The minimum absolute atomic E-state index is 0.0518. The molecule has 22 heavy (non-hydrogen) atoms. The first-order valence-corrected chi connectivity index (χ1v) is 8.02. The molecule has 2 aromatic rings. The summed E-state index contributed by atoms with van der Waals surface area (Å²) in [6, 6.07) is 13.2. The Bertz CT molecular complexity index is 645. The predicted octanol–water partition coefficient (Wildman–Crippen LogP) is 3.83. The molecule has 4 heteroatoms. The zero-order valence-electron chi connectivity index (χ0n) is 12.4. The lowest BCUT2D eigenvalue weighted by Gasteiger charge is -2.31. The fraction of sp³-hybridized carbons (Fsp3) is 0.333. The van der Waals surface area contributed by atoms with Gasteiger partial charge >= 0.3 is 0 Å². The van der Waals surface area contributed by atoms with Crippen molar-refractivity contribution in [3.05, 3.63) is 64.9 Å². The van der Waals surface area contributed by atoms with Gasteiger partial charge in [0, 0.05) is 35.8 Å². The number of ketones is 1. The van der Waals surface area contributed by atoms with Crippen LogP contribution in [0.3, 0.4) is 0 Å². The van der Waals surface area contributed by atoms with E-state index in [0.717, 1.165) is 43.7 Å². The number of benzene rings is 1. The van der Waals surface area contributed by atoms with Crippen LogP contribution in [0, 0.1) is 5.92 Å². The highest BCUT2D eigenvalue weighted by Gasteiger charge is 2.26. The van der Waals surface area contributed by atoms with E-state index < -0.39 is 0 Å². The highest BCUT2D eigenvalue weighted by molar-refractivity contribution is 6.31. The van der Waals surface area contributed by atoms with E-state index in [1.54, 1.807) is 12.1 Å². The Morgan fingerprint density at radius 2 is 2.18 bits per heavy atom. The molecule has 0 aliphatic carbocycles. The zero-order valence-corrected chi connectivity index (χ0v) is 13.2. The number of carbonyl (C=O) groups excluding carboxylic acids is 1. The molecule has 0 saturated carbocycles. The molecular weight excluding hydrogens is 296 g/mol. The average molecular weight is 315 g/mol. The first kappa shape index (κ1) is 15.2. The molecule has 0 N–H and O–H groups in total. The molecule has 114 valence electrons. The molecule has 1 aliphatic rings. The van der Waals surface area contributed by atoms with Gasteiger partial charge in [-0.2, -0.15) is 0 Å². The molecule has 2 heterocycles. The largest absolute Gasteiger partial charge is 0.297 e. The molecule has 1 aromatic carbocycles. The van der Waals surface area contributed by atoms with Crippen molar-refractivity contribution in [2.75, 3.05) is 13.1 Å². The zero-order chi connectivity index (χ0) is 15.4. The van der Waals surface area contributed by atoms with Crippen LogP contribution in [0.15, 0.2) is 48.7 Å². The first-order valence-electron chi connectivity index (χ1n) is 7.64. The summed E-state index contributed by atoms with van der Waals surface area (Å²) in [6.07, 6.45) is 3.81. The van der Waals surface area contributed by atoms with Crippen molar-refractivity contribution in [2.24, 2.45) is 5.92 Å². The molecule has 3 rings (SSSR count). The lowest BCUT2D eigenvalue weighted by molar-refractivity contribution is 0.0810. The summed E-state index contributed by atoms with van der Waals surface area (Å²) in [5, 5.41) is 0.618. The van der Waals surface area contributed by atoms with Gasteiger partial charge < -0.3 is 0 Å². The van der Waals surface area contributed by atoms with E-state index in [2.05, 4.69) is 9.88 Å². The maximum absolute atomic E-state index is 12.6. The quantitative estimate of drug-likeness (QED) is 0.804. The number of aromatic nitrogens is 1. The van der Waals surface area contributed by atoms with Gasteiger partial charge in [-0.3, -0.25) is 14.7 Å². The Kier molecular flexibility index (Phi) is 4.86. The van der Waals surface area contributed by atoms with Gasteiger partial charge in [-0.1, -0.05) is 29.8 Å². The van der Waals surface area contributed by atoms with Gasteiger partial charge in [-0.05, 0) is 43.7 Å². The third kappa shape index (κ3) is 3.73. The van der Waals surface area contributed by atoms with Gasteiger partial charge in [0.2, 0.25) is 0 Å². The Morgan fingerprint density at radius 3 is 2.95 bits per heavy atom. The van der Waals surface area contributed by atoms with Crippen molar-refractivity contribution in [3.63, 3.8) is 0 Å². The fourth-order valence-corrected chi connectivity index (χ4v) is 3.20. The molecular formula is C18H19ClN2O. The van der Waals surface area contributed by atoms with Crippen LogP contribution in [0.4, 0.5) is 0 Å². The number of hydrogen-bond donors (Lipinski definition) is 0. The van der Waals surface area contributed by atoms with Crippen molar-refractivity contribution in [1.29, 1.82) is 0 Å². The minimum atomic E-state index is 0.0518. The van der Waals surface area contributed by atoms with E-state index in [9.17, 15) is 4.79 Å². The van der Waals surface area contributed by atoms with Crippen LogP contribution in [0.5, 0.6) is 0 Å². The van der Waals surface area contributed by atoms with E-state index >= 15 is 0 Å². The Hall–Kier alpha value is -1.71. The van der Waals surface area contributed by atoms with Crippen molar-refractivity contribution in [1.82, 2.24) is 9.88 Å². The highest BCUT2D eigenvalue weighted by atomic mass is 35.5. The van der Waals surface area contributed by atoms with Gasteiger partial charge in [0.15, 0.2) is 5.78 Å². The SMILES string of the molecule is O=C(c1cccc(Cl)c1)[C@@H]1CCCN(Cc2ccccn2)C1. The number of halogens is 1. The summed E-state index contributed by atoms with van der Waals surface area (Å²) >= 11 is 5.99. The molecule has 1 aliphatic heterocycles. The maximum atomic E-state index is 12.6. The molecule has 3 nitrogen and oxygen atoms in total. The maximum Gasteiger partial charge on any atom is 0.167 e. The number of Topliss-reactive ketones (excluding diaryl/α,β-unsaturated/α-hetero) is 1. The molecule has 0 radical (unpaired) electrons. The summed E-state index contributed by atoms with van der Waals surface area (Å²) < 4.78 is 0. The Morgan fingerprint density at radius 1 is 1.27 bits per heavy atom. The van der Waals surface area contributed by atoms with Crippen LogP contribution in [-0.4, -0.2) is 28.8 Å². The molecule has 0 unspecified atom stereocenters. The van der Waals surface area contributed by atoms with Crippen LogP contribution in [-0.2, 0) is 6.54 Å². The molecule has 1 saturated heterocycles. The van der Waals surface area contributed by atoms with Crippen LogP contribution < -0.4 is 0 Å². The molecule has 0 spiro atoms. The van der Waals surface area contributed by atoms with Gasteiger partial charge in [0.05, 0.1) is 5.69 Å². The summed E-state index contributed by atoms with van der Waals surface area (Å²) in [5.74, 6) is 0.254. The normalized spacial score (nSPS) is 19.0.